The van der Waals surface area contributed by atoms with Gasteiger partial charge in [0, 0.05) is 5.02 Å². The van der Waals surface area contributed by atoms with Crippen molar-refractivity contribution in [3.05, 3.63) is 80.5 Å². The molecule has 30 heavy (non-hydrogen) atoms. The van der Waals surface area contributed by atoms with E-state index in [9.17, 15) is 9.59 Å². The van der Waals surface area contributed by atoms with Gasteiger partial charge in [0.1, 0.15) is 12.3 Å². The average molecular weight is 490 g/mol. The quantitative estimate of drug-likeness (QED) is 0.242. The van der Waals surface area contributed by atoms with Gasteiger partial charge in [-0.05, 0) is 71.7 Å². The van der Waals surface area contributed by atoms with Gasteiger partial charge >= 0.3 is 5.97 Å². The molecule has 3 rings (SSSR count). The molecule has 7 nitrogen and oxygen atoms in total. The van der Waals surface area contributed by atoms with Crippen LogP contribution in [0.2, 0.25) is 5.02 Å². The number of aromatic nitrogens is 2. The van der Waals surface area contributed by atoms with Gasteiger partial charge in [0.05, 0.1) is 27.6 Å². The number of benzene rings is 2. The van der Waals surface area contributed by atoms with Crippen LogP contribution in [0, 0.1) is 13.8 Å². The summed E-state index contributed by atoms with van der Waals surface area (Å²) in [6.07, 6.45) is 1.47. The molecule has 0 atom stereocenters. The van der Waals surface area contributed by atoms with Gasteiger partial charge in [0.2, 0.25) is 0 Å². The van der Waals surface area contributed by atoms with Crippen LogP contribution in [0.25, 0.3) is 0 Å². The summed E-state index contributed by atoms with van der Waals surface area (Å²) in [4.78, 5) is 24.3. The van der Waals surface area contributed by atoms with E-state index in [0.29, 0.717) is 21.9 Å². The normalized spacial score (nSPS) is 10.9. The summed E-state index contributed by atoms with van der Waals surface area (Å²) >= 11 is 9.25. The van der Waals surface area contributed by atoms with Crippen molar-refractivity contribution in [3.8, 4) is 5.75 Å². The highest BCUT2D eigenvalue weighted by Crippen LogP contribution is 2.19. The summed E-state index contributed by atoms with van der Waals surface area (Å²) in [6.45, 7) is 3.78. The molecule has 0 aliphatic heterocycles. The first kappa shape index (κ1) is 21.7. The SMILES string of the molecule is Cc1nn(CC(=O)NN=Cc2cccc(OC(=O)c3ccc(Cl)cc3)c2)c(C)c1Br. The molecule has 0 radical (unpaired) electrons. The van der Waals surface area contributed by atoms with Gasteiger partial charge in [-0.1, -0.05) is 23.7 Å². The van der Waals surface area contributed by atoms with Crippen LogP contribution in [-0.2, 0) is 11.3 Å². The van der Waals surface area contributed by atoms with Gasteiger partial charge in [-0.15, -0.1) is 0 Å². The maximum Gasteiger partial charge on any atom is 0.343 e. The predicted octanol–water partition coefficient (Wildman–Crippen LogP) is 4.29. The second-order valence-electron chi connectivity index (χ2n) is 6.40. The molecular formula is C21H18BrClN4O3. The van der Waals surface area contributed by atoms with Crippen molar-refractivity contribution >= 4 is 45.6 Å². The molecule has 0 saturated heterocycles. The van der Waals surface area contributed by atoms with Gasteiger partial charge in [0.15, 0.2) is 0 Å². The third kappa shape index (κ3) is 5.55. The van der Waals surface area contributed by atoms with E-state index < -0.39 is 5.97 Å². The number of hydrazone groups is 1. The topological polar surface area (TPSA) is 85.6 Å². The van der Waals surface area contributed by atoms with E-state index in [0.717, 1.165) is 15.9 Å². The average Bonchev–Trinajstić information content (AvgIpc) is 2.95. The fourth-order valence-electron chi connectivity index (χ4n) is 2.59. The van der Waals surface area contributed by atoms with Crippen molar-refractivity contribution in [3.63, 3.8) is 0 Å². The van der Waals surface area contributed by atoms with Gasteiger partial charge < -0.3 is 4.74 Å². The second kappa shape index (κ2) is 9.69. The number of nitrogens with zero attached hydrogens (tertiary/aromatic N) is 3. The summed E-state index contributed by atoms with van der Waals surface area (Å²) < 4.78 is 7.84. The zero-order valence-corrected chi connectivity index (χ0v) is 18.6. The maximum atomic E-state index is 12.2. The summed E-state index contributed by atoms with van der Waals surface area (Å²) in [7, 11) is 0. The predicted molar refractivity (Wildman–Crippen MR) is 118 cm³/mol. The fraction of sp³-hybridized carbons (Fsp3) is 0.143. The van der Waals surface area contributed by atoms with Crippen molar-refractivity contribution in [2.24, 2.45) is 5.10 Å². The number of ether oxygens (including phenoxy) is 1. The zero-order valence-electron chi connectivity index (χ0n) is 16.2. The Bertz CT molecular complexity index is 1110. The lowest BCUT2D eigenvalue weighted by molar-refractivity contribution is -0.121. The highest BCUT2D eigenvalue weighted by molar-refractivity contribution is 9.10. The third-order valence-corrected chi connectivity index (χ3v) is 5.54. The third-order valence-electron chi connectivity index (χ3n) is 4.14. The van der Waals surface area contributed by atoms with Gasteiger partial charge in [-0.25, -0.2) is 10.2 Å². The molecule has 1 amide bonds. The first-order chi connectivity index (χ1) is 14.3. The van der Waals surface area contributed by atoms with E-state index >= 15 is 0 Å². The van der Waals surface area contributed by atoms with Crippen LogP contribution in [0.4, 0.5) is 0 Å². The monoisotopic (exact) mass is 488 g/mol. The number of hydrogen-bond acceptors (Lipinski definition) is 5. The highest BCUT2D eigenvalue weighted by Gasteiger charge is 2.11. The lowest BCUT2D eigenvalue weighted by Gasteiger charge is -2.05. The zero-order chi connectivity index (χ0) is 21.7. The number of halogens is 2. The Kier molecular flexibility index (Phi) is 7.02. The number of amides is 1. The molecule has 1 heterocycles. The molecule has 0 unspecified atom stereocenters. The minimum atomic E-state index is -0.495. The summed E-state index contributed by atoms with van der Waals surface area (Å²) in [5.41, 5.74) is 5.19. The lowest BCUT2D eigenvalue weighted by Crippen LogP contribution is -2.24. The maximum absolute atomic E-state index is 12.2. The minimum absolute atomic E-state index is 0.0500. The summed E-state index contributed by atoms with van der Waals surface area (Å²) in [5, 5.41) is 8.78. The molecule has 0 fully saturated rings. The first-order valence-corrected chi connectivity index (χ1v) is 10.1. The number of nitrogens with one attached hydrogen (secondary N) is 1. The van der Waals surface area contributed by atoms with Gasteiger partial charge in [-0.3, -0.25) is 9.48 Å². The Morgan fingerprint density at radius 2 is 1.97 bits per heavy atom. The molecule has 3 aromatic rings. The van der Waals surface area contributed by atoms with E-state index in [1.54, 1.807) is 53.2 Å². The summed E-state index contributed by atoms with van der Waals surface area (Å²) in [5.74, 6) is -0.447. The molecule has 0 bridgehead atoms. The van der Waals surface area contributed by atoms with E-state index in [-0.39, 0.29) is 12.5 Å². The standard InChI is InChI=1S/C21H18BrClN4O3/c1-13-20(22)14(2)27(26-13)12-19(28)25-24-11-15-4-3-5-18(10-15)30-21(29)16-6-8-17(23)9-7-16/h3-11H,12H2,1-2H3,(H,25,28). The Balaban J connectivity index is 1.58. The lowest BCUT2D eigenvalue weighted by atomic mass is 10.2. The Morgan fingerprint density at radius 1 is 1.23 bits per heavy atom. The Hall–Kier alpha value is -2.97. The van der Waals surface area contributed by atoms with Crippen LogP contribution in [0.1, 0.15) is 27.3 Å². The van der Waals surface area contributed by atoms with E-state index in [1.165, 1.54) is 6.21 Å². The molecule has 2 aromatic carbocycles. The van der Waals surface area contributed by atoms with Crippen LogP contribution in [0.3, 0.4) is 0 Å². The number of aryl methyl sites for hydroxylation is 1. The molecule has 9 heteroatoms. The van der Waals surface area contributed by atoms with Crippen LogP contribution in [0.5, 0.6) is 5.75 Å². The molecular weight excluding hydrogens is 472 g/mol. The number of esters is 1. The van der Waals surface area contributed by atoms with Gasteiger partial charge in [0.25, 0.3) is 5.91 Å². The highest BCUT2D eigenvalue weighted by atomic mass is 79.9. The minimum Gasteiger partial charge on any atom is -0.423 e. The molecule has 0 saturated carbocycles. The Labute approximate surface area is 186 Å². The second-order valence-corrected chi connectivity index (χ2v) is 7.63. The number of rotatable bonds is 6. The number of carbonyl (C=O) groups is 2. The number of hydrogen-bond donors (Lipinski definition) is 1. The fourth-order valence-corrected chi connectivity index (χ4v) is 3.00. The van der Waals surface area contributed by atoms with Crippen LogP contribution in [0.15, 0.2) is 58.1 Å². The van der Waals surface area contributed by atoms with Crippen LogP contribution >= 0.6 is 27.5 Å². The van der Waals surface area contributed by atoms with Crippen LogP contribution in [-0.4, -0.2) is 27.9 Å². The molecule has 1 aromatic heterocycles. The van der Waals surface area contributed by atoms with Crippen molar-refractivity contribution in [1.29, 1.82) is 0 Å². The van der Waals surface area contributed by atoms with Crippen molar-refractivity contribution in [2.45, 2.75) is 20.4 Å². The molecule has 154 valence electrons. The van der Waals surface area contributed by atoms with E-state index in [2.05, 4.69) is 31.6 Å². The van der Waals surface area contributed by atoms with E-state index in [1.807, 2.05) is 13.8 Å². The smallest absolute Gasteiger partial charge is 0.343 e. The van der Waals surface area contributed by atoms with Crippen molar-refractivity contribution < 1.29 is 14.3 Å². The molecule has 0 aliphatic carbocycles. The number of carbonyl (C=O) groups excluding carboxylic acids is 2. The van der Waals surface area contributed by atoms with E-state index in [4.69, 9.17) is 16.3 Å². The molecule has 1 N–H and O–H groups in total. The van der Waals surface area contributed by atoms with Crippen LogP contribution < -0.4 is 10.2 Å². The molecule has 0 aliphatic rings. The van der Waals surface area contributed by atoms with Gasteiger partial charge in [-0.2, -0.15) is 10.2 Å². The largest absolute Gasteiger partial charge is 0.423 e. The Morgan fingerprint density at radius 3 is 2.63 bits per heavy atom. The summed E-state index contributed by atoms with van der Waals surface area (Å²) in [6, 6.07) is 13.2. The first-order valence-electron chi connectivity index (χ1n) is 8.92. The molecule has 0 spiro atoms. The van der Waals surface area contributed by atoms with Crippen molar-refractivity contribution in [2.75, 3.05) is 0 Å². The van der Waals surface area contributed by atoms with Crippen molar-refractivity contribution in [1.82, 2.24) is 15.2 Å².